The van der Waals surface area contributed by atoms with Crippen molar-refractivity contribution in [2.24, 2.45) is 0 Å². The summed E-state index contributed by atoms with van der Waals surface area (Å²) in [6, 6.07) is 14.3. The molecule has 0 aromatic heterocycles. The zero-order valence-electron chi connectivity index (χ0n) is 15.6. The summed E-state index contributed by atoms with van der Waals surface area (Å²) in [5.74, 6) is 0.926. The normalized spacial score (nSPS) is 11.4. The van der Waals surface area contributed by atoms with Gasteiger partial charge in [0.25, 0.3) is 10.1 Å². The van der Waals surface area contributed by atoms with Gasteiger partial charge in [-0.05, 0) is 50.2 Å². The number of aryl methyl sites for hydroxylation is 1. The quantitative estimate of drug-likeness (QED) is 0.649. The van der Waals surface area contributed by atoms with Crippen LogP contribution in [0.15, 0.2) is 53.4 Å². The average Bonchev–Trinajstić information content (AvgIpc) is 2.55. The van der Waals surface area contributed by atoms with E-state index < -0.39 is 10.1 Å². The van der Waals surface area contributed by atoms with Crippen LogP contribution >= 0.6 is 0 Å². The summed E-state index contributed by atoms with van der Waals surface area (Å²) < 4.78 is 35.7. The van der Waals surface area contributed by atoms with E-state index >= 15 is 0 Å². The Labute approximate surface area is 151 Å². The molecule has 25 heavy (non-hydrogen) atoms. The molecule has 0 bridgehead atoms. The number of methoxy groups -OCH3 is 1. The molecule has 0 spiro atoms. The molecule has 0 fully saturated rings. The van der Waals surface area contributed by atoms with Crippen molar-refractivity contribution in [3.63, 3.8) is 0 Å². The molecule has 2 aromatic rings. The summed E-state index contributed by atoms with van der Waals surface area (Å²) in [4.78, 5) is -0.0666. The fourth-order valence-electron chi connectivity index (χ4n) is 2.05. The number of quaternary nitrogens is 1. The Hall–Kier alpha value is -1.89. The fraction of sp³-hybridized carbons (Fsp3) is 0.368. The lowest BCUT2D eigenvalue weighted by Crippen LogP contribution is -2.38. The van der Waals surface area contributed by atoms with Gasteiger partial charge in [0.05, 0.1) is 32.6 Å². The van der Waals surface area contributed by atoms with E-state index in [1.165, 1.54) is 17.7 Å². The number of benzene rings is 2. The molecule has 6 heteroatoms. The van der Waals surface area contributed by atoms with Crippen molar-refractivity contribution in [1.82, 2.24) is 0 Å². The highest BCUT2D eigenvalue weighted by molar-refractivity contribution is 7.85. The van der Waals surface area contributed by atoms with Crippen LogP contribution in [-0.2, 0) is 16.7 Å². The van der Waals surface area contributed by atoms with Gasteiger partial charge in [-0.1, -0.05) is 17.7 Å². The zero-order chi connectivity index (χ0) is 19.1. The molecule has 0 aliphatic rings. The molecule has 0 radical (unpaired) electrons. The van der Waals surface area contributed by atoms with Crippen LogP contribution in [0.2, 0.25) is 0 Å². The molecular formula is C19H28NO4S+. The third-order valence-corrected chi connectivity index (χ3v) is 4.81. The first-order valence-corrected chi connectivity index (χ1v) is 9.50. The summed E-state index contributed by atoms with van der Waals surface area (Å²) in [6.07, 6.45) is 0. The minimum absolute atomic E-state index is 0.0666. The Bertz CT molecular complexity index is 751. The van der Waals surface area contributed by atoms with E-state index in [-0.39, 0.29) is 4.90 Å². The van der Waals surface area contributed by atoms with E-state index in [4.69, 9.17) is 9.29 Å². The van der Waals surface area contributed by atoms with E-state index in [0.717, 1.165) is 28.9 Å². The summed E-state index contributed by atoms with van der Waals surface area (Å²) in [6.45, 7) is 6.27. The topological polar surface area (TPSA) is 63.6 Å². The van der Waals surface area contributed by atoms with Crippen LogP contribution in [0, 0.1) is 6.92 Å². The molecule has 0 heterocycles. The Morgan fingerprint density at radius 3 is 1.92 bits per heavy atom. The van der Waals surface area contributed by atoms with Gasteiger partial charge in [0.1, 0.15) is 12.3 Å². The van der Waals surface area contributed by atoms with Crippen molar-refractivity contribution in [3.8, 4) is 5.75 Å². The fourth-order valence-corrected chi connectivity index (χ4v) is 2.53. The molecule has 0 unspecified atom stereocenters. The SMILES string of the molecule is CC[N+](C)(C)Cc1ccc(OC)cc1.Cc1ccc(S(=O)(=O)O)cc1. The monoisotopic (exact) mass is 366 g/mol. The summed E-state index contributed by atoms with van der Waals surface area (Å²) in [5.41, 5.74) is 2.31. The third-order valence-electron chi connectivity index (χ3n) is 3.94. The molecule has 1 N–H and O–H groups in total. The molecule has 0 aliphatic carbocycles. The second-order valence-corrected chi connectivity index (χ2v) is 7.97. The lowest BCUT2D eigenvalue weighted by atomic mass is 10.2. The van der Waals surface area contributed by atoms with Crippen LogP contribution in [-0.4, -0.2) is 45.2 Å². The van der Waals surface area contributed by atoms with Gasteiger partial charge in [-0.3, -0.25) is 4.55 Å². The molecule has 0 atom stereocenters. The maximum absolute atomic E-state index is 10.5. The lowest BCUT2D eigenvalue weighted by Gasteiger charge is -2.28. The highest BCUT2D eigenvalue weighted by atomic mass is 32.2. The van der Waals surface area contributed by atoms with E-state index in [1.807, 2.05) is 19.1 Å². The zero-order valence-corrected chi connectivity index (χ0v) is 16.4. The first-order valence-electron chi connectivity index (χ1n) is 8.06. The van der Waals surface area contributed by atoms with Crippen LogP contribution in [0.5, 0.6) is 5.75 Å². The molecule has 0 saturated carbocycles. The van der Waals surface area contributed by atoms with Crippen LogP contribution in [0.4, 0.5) is 0 Å². The molecule has 5 nitrogen and oxygen atoms in total. The molecular weight excluding hydrogens is 338 g/mol. The van der Waals surface area contributed by atoms with Crippen LogP contribution in [0.1, 0.15) is 18.1 Å². The van der Waals surface area contributed by atoms with Gasteiger partial charge >= 0.3 is 0 Å². The van der Waals surface area contributed by atoms with E-state index in [9.17, 15) is 8.42 Å². The second kappa shape index (κ2) is 8.99. The number of ether oxygens (including phenoxy) is 1. The largest absolute Gasteiger partial charge is 0.497 e. The van der Waals surface area contributed by atoms with Crippen molar-refractivity contribution in [2.75, 3.05) is 27.7 Å². The Morgan fingerprint density at radius 2 is 1.52 bits per heavy atom. The minimum atomic E-state index is -4.02. The standard InChI is InChI=1S/C12H20NO.C7H8O3S/c1-5-13(2,3)10-11-6-8-12(14-4)9-7-11;1-6-2-4-7(5-3-6)11(8,9)10/h6-9H,5,10H2,1-4H3;2-5H,1H3,(H,8,9,10)/q+1;. The van der Waals surface area contributed by atoms with E-state index in [2.05, 4.69) is 33.2 Å². The van der Waals surface area contributed by atoms with Gasteiger partial charge < -0.3 is 9.22 Å². The van der Waals surface area contributed by atoms with Crippen molar-refractivity contribution in [3.05, 3.63) is 59.7 Å². The number of hydrogen-bond donors (Lipinski definition) is 1. The number of rotatable bonds is 5. The van der Waals surface area contributed by atoms with E-state index in [0.29, 0.717) is 0 Å². The third kappa shape index (κ3) is 7.69. The van der Waals surface area contributed by atoms with Crippen molar-refractivity contribution < 1.29 is 22.2 Å². The molecule has 0 amide bonds. The summed E-state index contributed by atoms with van der Waals surface area (Å²) >= 11 is 0. The lowest BCUT2D eigenvalue weighted by molar-refractivity contribution is -0.901. The Morgan fingerprint density at radius 1 is 1.00 bits per heavy atom. The summed E-state index contributed by atoms with van der Waals surface area (Å²) in [7, 11) is 2.16. The van der Waals surface area contributed by atoms with Crippen molar-refractivity contribution in [1.29, 1.82) is 0 Å². The molecule has 0 aliphatic heterocycles. The van der Waals surface area contributed by atoms with Crippen molar-refractivity contribution >= 4 is 10.1 Å². The number of nitrogens with zero attached hydrogens (tertiary/aromatic N) is 1. The average molecular weight is 367 g/mol. The molecule has 0 saturated heterocycles. The van der Waals surface area contributed by atoms with Gasteiger partial charge in [-0.15, -0.1) is 0 Å². The predicted octanol–water partition coefficient (Wildman–Crippen LogP) is 3.53. The first-order chi connectivity index (χ1) is 11.6. The Kier molecular flexibility index (Phi) is 7.60. The second-order valence-electron chi connectivity index (χ2n) is 6.55. The molecule has 2 aromatic carbocycles. The summed E-state index contributed by atoms with van der Waals surface area (Å²) in [5, 5.41) is 0. The highest BCUT2D eigenvalue weighted by Gasteiger charge is 2.12. The van der Waals surface area contributed by atoms with Crippen LogP contribution in [0.25, 0.3) is 0 Å². The van der Waals surface area contributed by atoms with Crippen molar-refractivity contribution in [2.45, 2.75) is 25.3 Å². The Balaban J connectivity index is 0.000000257. The molecule has 138 valence electrons. The molecule has 2 rings (SSSR count). The van der Waals surface area contributed by atoms with Gasteiger partial charge in [-0.2, -0.15) is 8.42 Å². The van der Waals surface area contributed by atoms with Crippen LogP contribution in [0.3, 0.4) is 0 Å². The predicted molar refractivity (Wildman–Crippen MR) is 100 cm³/mol. The van der Waals surface area contributed by atoms with Gasteiger partial charge in [0.2, 0.25) is 0 Å². The highest BCUT2D eigenvalue weighted by Crippen LogP contribution is 2.14. The first kappa shape index (κ1) is 21.2. The van der Waals surface area contributed by atoms with E-state index in [1.54, 1.807) is 19.2 Å². The van der Waals surface area contributed by atoms with Gasteiger partial charge in [0, 0.05) is 5.56 Å². The van der Waals surface area contributed by atoms with Crippen LogP contribution < -0.4 is 4.74 Å². The van der Waals surface area contributed by atoms with Gasteiger partial charge in [0.15, 0.2) is 0 Å². The maximum Gasteiger partial charge on any atom is 0.294 e. The minimum Gasteiger partial charge on any atom is -0.497 e. The number of hydrogen-bond acceptors (Lipinski definition) is 3. The van der Waals surface area contributed by atoms with Gasteiger partial charge in [-0.25, -0.2) is 0 Å². The maximum atomic E-state index is 10.5. The smallest absolute Gasteiger partial charge is 0.294 e.